The topological polar surface area (TPSA) is 116 Å². The van der Waals surface area contributed by atoms with Gasteiger partial charge in [-0.05, 0) is 61.4 Å². The summed E-state index contributed by atoms with van der Waals surface area (Å²) in [5, 5.41) is 5.35. The minimum absolute atomic E-state index is 0.00913. The number of benzene rings is 2. The maximum absolute atomic E-state index is 13.5. The van der Waals surface area contributed by atoms with E-state index in [1.54, 1.807) is 38.2 Å². The molecule has 0 saturated heterocycles. The Morgan fingerprint density at radius 3 is 2.67 bits per heavy atom. The third-order valence-corrected chi connectivity index (χ3v) is 7.53. The number of pyridine rings is 1. The van der Waals surface area contributed by atoms with Gasteiger partial charge in [-0.3, -0.25) is 10.1 Å². The highest BCUT2D eigenvalue weighted by Crippen LogP contribution is 2.60. The van der Waals surface area contributed by atoms with Gasteiger partial charge < -0.3 is 20.5 Å². The van der Waals surface area contributed by atoms with Crippen molar-refractivity contribution in [3.05, 3.63) is 76.5 Å². The number of carbonyl (C=O) groups is 2. The van der Waals surface area contributed by atoms with Crippen molar-refractivity contribution in [2.75, 3.05) is 5.32 Å². The molecule has 0 radical (unpaired) electrons. The lowest BCUT2D eigenvalue weighted by Crippen LogP contribution is -2.34. The number of ether oxygens (including phenoxy) is 2. The Hall–Kier alpha value is -4.12. The van der Waals surface area contributed by atoms with E-state index in [0.29, 0.717) is 28.4 Å². The molecule has 2 amide bonds. The van der Waals surface area contributed by atoms with Crippen molar-refractivity contribution >= 4 is 17.6 Å². The van der Waals surface area contributed by atoms with E-state index in [4.69, 9.17) is 15.2 Å². The van der Waals surface area contributed by atoms with Crippen LogP contribution in [0.3, 0.4) is 0 Å². The van der Waals surface area contributed by atoms with E-state index in [9.17, 15) is 22.8 Å². The van der Waals surface area contributed by atoms with Gasteiger partial charge in [0, 0.05) is 42.0 Å². The van der Waals surface area contributed by atoms with E-state index in [2.05, 4.69) is 15.6 Å². The molecule has 0 unspecified atom stereocenters. The number of halogens is 3. The standard InChI is InChI=1S/C29H27F3N4O4/c1-28(2,33)15-7-14(8-16(10-15)29(30,31)32)9-17(37)11-20-24-19-12-18(3-4-22(19)40-25(20)24)39-23-5-6-34-26-21(23)13-35-27(38)36-26/h3-8,10,12,20,24-25H,9,11,13,33H2,1-2H3,(H2,34,35,36,38)/t20-,24-,25+/m0/s1. The number of urea groups is 1. The van der Waals surface area contributed by atoms with Crippen LogP contribution < -0.4 is 25.8 Å². The molecule has 208 valence electrons. The highest BCUT2D eigenvalue weighted by atomic mass is 19.4. The second kappa shape index (κ2) is 9.22. The quantitative estimate of drug-likeness (QED) is 0.362. The minimum Gasteiger partial charge on any atom is -0.489 e. The highest BCUT2D eigenvalue weighted by Gasteiger charge is 2.59. The van der Waals surface area contributed by atoms with Gasteiger partial charge >= 0.3 is 12.2 Å². The Morgan fingerprint density at radius 1 is 1.15 bits per heavy atom. The number of nitrogens with zero attached hydrogens (tertiary/aromatic N) is 1. The van der Waals surface area contributed by atoms with Crippen LogP contribution in [0.15, 0.2) is 48.7 Å². The molecule has 1 saturated carbocycles. The van der Waals surface area contributed by atoms with Crippen LogP contribution in [0.25, 0.3) is 0 Å². The number of nitrogens with one attached hydrogen (secondary N) is 2. The van der Waals surface area contributed by atoms with Gasteiger partial charge in [0.1, 0.15) is 35.0 Å². The number of ketones is 1. The minimum atomic E-state index is -4.54. The maximum Gasteiger partial charge on any atom is 0.416 e. The molecular formula is C29H27F3N4O4. The third-order valence-electron chi connectivity index (χ3n) is 7.53. The monoisotopic (exact) mass is 552 g/mol. The number of hydrogen-bond donors (Lipinski definition) is 3. The van der Waals surface area contributed by atoms with Crippen LogP contribution >= 0.6 is 0 Å². The van der Waals surface area contributed by atoms with Crippen LogP contribution in [0, 0.1) is 5.92 Å². The summed E-state index contributed by atoms with van der Waals surface area (Å²) in [6.07, 6.45) is -3.06. The van der Waals surface area contributed by atoms with E-state index in [0.717, 1.165) is 29.0 Å². The fraction of sp³-hybridized carbons (Fsp3) is 0.345. The molecule has 1 aromatic heterocycles. The van der Waals surface area contributed by atoms with Crippen molar-refractivity contribution in [1.82, 2.24) is 10.3 Å². The number of aromatic nitrogens is 1. The van der Waals surface area contributed by atoms with E-state index < -0.39 is 17.3 Å². The van der Waals surface area contributed by atoms with Crippen LogP contribution in [0.4, 0.5) is 23.8 Å². The molecule has 1 aliphatic carbocycles. The summed E-state index contributed by atoms with van der Waals surface area (Å²) in [5.74, 6) is 2.09. The summed E-state index contributed by atoms with van der Waals surface area (Å²) >= 11 is 0. The largest absolute Gasteiger partial charge is 0.489 e. The van der Waals surface area contributed by atoms with Crippen LogP contribution in [-0.2, 0) is 29.5 Å². The zero-order chi connectivity index (χ0) is 28.4. The number of rotatable bonds is 7. The Balaban J connectivity index is 1.15. The molecule has 3 aromatic rings. The number of carbonyl (C=O) groups excluding carboxylic acids is 2. The lowest BCUT2D eigenvalue weighted by Gasteiger charge is -2.22. The van der Waals surface area contributed by atoms with Gasteiger partial charge in [-0.2, -0.15) is 13.2 Å². The first-order chi connectivity index (χ1) is 18.9. The summed E-state index contributed by atoms with van der Waals surface area (Å²) in [6.45, 7) is 3.54. The molecule has 40 heavy (non-hydrogen) atoms. The van der Waals surface area contributed by atoms with Crippen LogP contribution in [0.5, 0.6) is 17.2 Å². The highest BCUT2D eigenvalue weighted by molar-refractivity contribution is 5.91. The molecule has 8 nitrogen and oxygen atoms in total. The lowest BCUT2D eigenvalue weighted by atomic mass is 9.90. The predicted octanol–water partition coefficient (Wildman–Crippen LogP) is 5.40. The number of hydrogen-bond acceptors (Lipinski definition) is 6. The SMILES string of the molecule is CC(C)(N)c1cc(CC(=O)C[C@@H]2[C@H]3Oc4ccc(Oc5ccnc6c5CNC(=O)N6)cc4[C@@H]23)cc(C(F)(F)F)c1. The van der Waals surface area contributed by atoms with Crippen molar-refractivity contribution in [3.63, 3.8) is 0 Å². The second-order valence-corrected chi connectivity index (χ2v) is 11.1. The molecule has 1 fully saturated rings. The zero-order valence-electron chi connectivity index (χ0n) is 21.8. The average Bonchev–Trinajstić information content (AvgIpc) is 3.38. The van der Waals surface area contributed by atoms with Gasteiger partial charge in [0.2, 0.25) is 0 Å². The first-order valence-electron chi connectivity index (χ1n) is 12.9. The lowest BCUT2D eigenvalue weighted by molar-refractivity contribution is -0.137. The summed E-state index contributed by atoms with van der Waals surface area (Å²) in [7, 11) is 0. The number of amides is 2. The number of Topliss-reactive ketones (excluding diaryl/α,β-unsaturated/α-hetero) is 1. The van der Waals surface area contributed by atoms with Gasteiger partial charge in [-0.15, -0.1) is 0 Å². The molecule has 4 N–H and O–H groups in total. The molecule has 3 atom stereocenters. The van der Waals surface area contributed by atoms with Crippen LogP contribution in [0.1, 0.15) is 54.0 Å². The maximum atomic E-state index is 13.5. The second-order valence-electron chi connectivity index (χ2n) is 11.1. The Morgan fingerprint density at radius 2 is 1.93 bits per heavy atom. The number of fused-ring (bicyclic) bond motifs is 4. The third kappa shape index (κ3) is 4.97. The molecule has 2 aromatic carbocycles. The van der Waals surface area contributed by atoms with Crippen molar-refractivity contribution in [2.45, 2.75) is 57.0 Å². The van der Waals surface area contributed by atoms with Crippen molar-refractivity contribution in [3.8, 4) is 17.2 Å². The van der Waals surface area contributed by atoms with Crippen molar-refractivity contribution < 1.29 is 32.2 Å². The predicted molar refractivity (Wildman–Crippen MR) is 139 cm³/mol. The van der Waals surface area contributed by atoms with Gasteiger partial charge in [-0.1, -0.05) is 6.07 Å². The number of alkyl halides is 3. The number of nitrogens with two attached hydrogens (primary N) is 1. The van der Waals surface area contributed by atoms with E-state index in [1.807, 2.05) is 12.1 Å². The molecule has 2 aliphatic heterocycles. The Bertz CT molecular complexity index is 1500. The summed E-state index contributed by atoms with van der Waals surface area (Å²) < 4.78 is 52.6. The first kappa shape index (κ1) is 26.1. The Labute approximate surface area is 228 Å². The Kier molecular flexibility index (Phi) is 6.02. The number of anilines is 1. The molecular weight excluding hydrogens is 525 g/mol. The summed E-state index contributed by atoms with van der Waals surface area (Å²) in [6, 6.07) is 10.5. The fourth-order valence-corrected chi connectivity index (χ4v) is 5.45. The summed E-state index contributed by atoms with van der Waals surface area (Å²) in [5.41, 5.74) is 6.55. The van der Waals surface area contributed by atoms with Crippen LogP contribution in [-0.4, -0.2) is 22.9 Å². The normalized spacial score (nSPS) is 20.9. The van der Waals surface area contributed by atoms with E-state index >= 15 is 0 Å². The van der Waals surface area contributed by atoms with Gasteiger partial charge in [0.05, 0.1) is 17.7 Å². The average molecular weight is 553 g/mol. The van der Waals surface area contributed by atoms with E-state index in [-0.39, 0.29) is 49.1 Å². The van der Waals surface area contributed by atoms with Gasteiger partial charge in [-0.25, -0.2) is 9.78 Å². The van der Waals surface area contributed by atoms with Crippen molar-refractivity contribution in [2.24, 2.45) is 11.7 Å². The molecule has 0 spiro atoms. The molecule has 0 bridgehead atoms. The molecule has 3 aliphatic rings. The van der Waals surface area contributed by atoms with Crippen LogP contribution in [0.2, 0.25) is 0 Å². The molecule has 3 heterocycles. The van der Waals surface area contributed by atoms with Crippen molar-refractivity contribution in [1.29, 1.82) is 0 Å². The van der Waals surface area contributed by atoms with Gasteiger partial charge in [0.25, 0.3) is 0 Å². The smallest absolute Gasteiger partial charge is 0.416 e. The summed E-state index contributed by atoms with van der Waals surface area (Å²) in [4.78, 5) is 28.7. The van der Waals surface area contributed by atoms with Gasteiger partial charge in [0.15, 0.2) is 0 Å². The fourth-order valence-electron chi connectivity index (χ4n) is 5.45. The molecule has 11 heteroatoms. The molecule has 6 rings (SSSR count). The zero-order valence-corrected chi connectivity index (χ0v) is 21.8. The first-order valence-corrected chi connectivity index (χ1v) is 12.9. The van der Waals surface area contributed by atoms with E-state index in [1.165, 1.54) is 0 Å².